The number of nitrogens with two attached hydrogens (primary N) is 1. The Morgan fingerprint density at radius 1 is 1.40 bits per heavy atom. The van der Waals surface area contributed by atoms with Crippen LogP contribution >= 0.6 is 12.4 Å². The molecular weight excluding hydrogens is 216 g/mol. The van der Waals surface area contributed by atoms with Crippen LogP contribution in [0.2, 0.25) is 0 Å². The Labute approximate surface area is 98.3 Å². The molecule has 0 aliphatic rings. The van der Waals surface area contributed by atoms with Crippen molar-refractivity contribution < 1.29 is 9.53 Å². The molecule has 5 heteroatoms. The van der Waals surface area contributed by atoms with E-state index < -0.39 is 6.04 Å². The Hall–Kier alpha value is -0.320. The van der Waals surface area contributed by atoms with Crippen LogP contribution in [-0.4, -0.2) is 31.7 Å². The van der Waals surface area contributed by atoms with Gasteiger partial charge in [-0.3, -0.25) is 4.79 Å². The van der Waals surface area contributed by atoms with Gasteiger partial charge in [-0.05, 0) is 19.3 Å². The van der Waals surface area contributed by atoms with E-state index in [0.717, 1.165) is 13.0 Å². The number of carbonyl (C=O) groups is 1. The summed E-state index contributed by atoms with van der Waals surface area (Å²) in [7, 11) is 0. The lowest BCUT2D eigenvalue weighted by Gasteiger charge is -2.08. The van der Waals surface area contributed by atoms with Crippen LogP contribution in [0.3, 0.4) is 0 Å². The number of hydrogen-bond donors (Lipinski definition) is 2. The van der Waals surface area contributed by atoms with Gasteiger partial charge in [0.25, 0.3) is 0 Å². The van der Waals surface area contributed by atoms with Gasteiger partial charge in [0, 0.05) is 19.8 Å². The van der Waals surface area contributed by atoms with Gasteiger partial charge < -0.3 is 15.8 Å². The summed E-state index contributed by atoms with van der Waals surface area (Å²) in [4.78, 5) is 11.0. The highest BCUT2D eigenvalue weighted by Crippen LogP contribution is 1.92. The summed E-state index contributed by atoms with van der Waals surface area (Å²) in [5, 5.41) is 2.73. The van der Waals surface area contributed by atoms with E-state index in [0.29, 0.717) is 19.1 Å². The highest BCUT2D eigenvalue weighted by atomic mass is 35.5. The first-order valence-corrected chi connectivity index (χ1v) is 5.15. The quantitative estimate of drug-likeness (QED) is 0.649. The number of halogens is 1. The van der Waals surface area contributed by atoms with Crippen LogP contribution in [-0.2, 0) is 9.53 Å². The lowest BCUT2D eigenvalue weighted by Crippen LogP contribution is -2.38. The standard InChI is InChI=1S/C10H22N2O2.ClH/c1-8(2)7-14-6-4-5-12-10(13)9(3)11;/h8-9H,4-7,11H2,1-3H3,(H,12,13);1H. The van der Waals surface area contributed by atoms with Crippen LogP contribution in [0.4, 0.5) is 0 Å². The second-order valence-electron chi connectivity index (χ2n) is 3.90. The first-order chi connectivity index (χ1) is 6.54. The van der Waals surface area contributed by atoms with Crippen molar-refractivity contribution in [2.45, 2.75) is 33.2 Å². The van der Waals surface area contributed by atoms with Crippen molar-refractivity contribution in [3.63, 3.8) is 0 Å². The average molecular weight is 239 g/mol. The van der Waals surface area contributed by atoms with Gasteiger partial charge in [-0.15, -0.1) is 12.4 Å². The SMILES string of the molecule is CC(C)COCCCNC(=O)C(C)N.Cl. The molecule has 4 nitrogen and oxygen atoms in total. The number of carbonyl (C=O) groups excluding carboxylic acids is 1. The van der Waals surface area contributed by atoms with Crippen molar-refractivity contribution in [1.82, 2.24) is 5.32 Å². The molecule has 3 N–H and O–H groups in total. The predicted octanol–water partition coefficient (Wildman–Crippen LogP) is 0.934. The fourth-order valence-corrected chi connectivity index (χ4v) is 0.866. The number of amides is 1. The van der Waals surface area contributed by atoms with Crippen molar-refractivity contribution in [3.8, 4) is 0 Å². The zero-order valence-corrected chi connectivity index (χ0v) is 10.6. The Morgan fingerprint density at radius 2 is 2.00 bits per heavy atom. The Morgan fingerprint density at radius 3 is 2.47 bits per heavy atom. The molecule has 0 bridgehead atoms. The van der Waals surface area contributed by atoms with E-state index in [-0.39, 0.29) is 18.3 Å². The maximum Gasteiger partial charge on any atom is 0.236 e. The molecule has 0 rings (SSSR count). The zero-order chi connectivity index (χ0) is 11.0. The van der Waals surface area contributed by atoms with Gasteiger partial charge in [0.15, 0.2) is 0 Å². The molecule has 0 fully saturated rings. The second kappa shape index (κ2) is 10.2. The maximum absolute atomic E-state index is 11.0. The van der Waals surface area contributed by atoms with E-state index in [1.54, 1.807) is 6.92 Å². The molecule has 1 amide bonds. The van der Waals surface area contributed by atoms with Gasteiger partial charge in [0.05, 0.1) is 6.04 Å². The highest BCUT2D eigenvalue weighted by molar-refractivity contribution is 5.85. The van der Waals surface area contributed by atoms with Gasteiger partial charge in [-0.25, -0.2) is 0 Å². The third-order valence-corrected chi connectivity index (χ3v) is 1.63. The van der Waals surface area contributed by atoms with E-state index in [1.807, 2.05) is 0 Å². The summed E-state index contributed by atoms with van der Waals surface area (Å²) >= 11 is 0. The Kier molecular flexibility index (Phi) is 11.6. The van der Waals surface area contributed by atoms with Gasteiger partial charge in [-0.1, -0.05) is 13.8 Å². The summed E-state index contributed by atoms with van der Waals surface area (Å²) in [6, 6.07) is -0.424. The van der Waals surface area contributed by atoms with Gasteiger partial charge >= 0.3 is 0 Å². The Bertz CT molecular complexity index is 164. The van der Waals surface area contributed by atoms with E-state index in [1.165, 1.54) is 0 Å². The van der Waals surface area contributed by atoms with E-state index in [9.17, 15) is 4.79 Å². The summed E-state index contributed by atoms with van der Waals surface area (Å²) in [6.45, 7) is 8.00. The van der Waals surface area contributed by atoms with Crippen molar-refractivity contribution in [2.24, 2.45) is 11.7 Å². The van der Waals surface area contributed by atoms with E-state index in [4.69, 9.17) is 10.5 Å². The number of nitrogens with one attached hydrogen (secondary N) is 1. The molecule has 0 spiro atoms. The largest absolute Gasteiger partial charge is 0.381 e. The van der Waals surface area contributed by atoms with Gasteiger partial charge in [-0.2, -0.15) is 0 Å². The van der Waals surface area contributed by atoms with Crippen molar-refractivity contribution in [2.75, 3.05) is 19.8 Å². The molecule has 0 radical (unpaired) electrons. The molecule has 0 aromatic heterocycles. The Balaban J connectivity index is 0. The third-order valence-electron chi connectivity index (χ3n) is 1.63. The molecule has 0 aliphatic carbocycles. The topological polar surface area (TPSA) is 64.3 Å². The van der Waals surface area contributed by atoms with Crippen molar-refractivity contribution in [3.05, 3.63) is 0 Å². The lowest BCUT2D eigenvalue weighted by atomic mass is 10.2. The minimum absolute atomic E-state index is 0. The van der Waals surface area contributed by atoms with Crippen LogP contribution in [0.15, 0.2) is 0 Å². The highest BCUT2D eigenvalue weighted by Gasteiger charge is 2.04. The van der Waals surface area contributed by atoms with Crippen LogP contribution in [0, 0.1) is 5.92 Å². The van der Waals surface area contributed by atoms with Crippen molar-refractivity contribution in [1.29, 1.82) is 0 Å². The summed E-state index contributed by atoms with van der Waals surface area (Å²) in [5.74, 6) is 0.461. The monoisotopic (exact) mass is 238 g/mol. The molecule has 0 saturated heterocycles. The summed E-state index contributed by atoms with van der Waals surface area (Å²) < 4.78 is 5.35. The molecule has 92 valence electrons. The van der Waals surface area contributed by atoms with Gasteiger partial charge in [0.2, 0.25) is 5.91 Å². The molecule has 0 aromatic carbocycles. The minimum atomic E-state index is -0.424. The second-order valence-corrected chi connectivity index (χ2v) is 3.90. The maximum atomic E-state index is 11.0. The van der Waals surface area contributed by atoms with Crippen LogP contribution in [0.1, 0.15) is 27.2 Å². The molecule has 15 heavy (non-hydrogen) atoms. The smallest absolute Gasteiger partial charge is 0.236 e. The number of ether oxygens (including phenoxy) is 1. The third kappa shape index (κ3) is 11.6. The molecule has 0 aromatic rings. The van der Waals surface area contributed by atoms with Crippen LogP contribution in [0.5, 0.6) is 0 Å². The molecule has 0 heterocycles. The fourth-order valence-electron chi connectivity index (χ4n) is 0.866. The lowest BCUT2D eigenvalue weighted by molar-refractivity contribution is -0.122. The van der Waals surface area contributed by atoms with Crippen LogP contribution < -0.4 is 11.1 Å². The van der Waals surface area contributed by atoms with Crippen LogP contribution in [0.25, 0.3) is 0 Å². The number of rotatable bonds is 7. The first kappa shape index (κ1) is 17.1. The normalized spacial score (nSPS) is 12.1. The number of hydrogen-bond acceptors (Lipinski definition) is 3. The van der Waals surface area contributed by atoms with Gasteiger partial charge in [0.1, 0.15) is 0 Å². The minimum Gasteiger partial charge on any atom is -0.381 e. The first-order valence-electron chi connectivity index (χ1n) is 5.15. The summed E-state index contributed by atoms with van der Waals surface area (Å²) in [5.41, 5.74) is 5.37. The molecule has 1 unspecified atom stereocenters. The average Bonchev–Trinajstić information content (AvgIpc) is 2.09. The van der Waals surface area contributed by atoms with E-state index >= 15 is 0 Å². The molecule has 1 atom stereocenters. The zero-order valence-electron chi connectivity index (χ0n) is 9.79. The fraction of sp³-hybridized carbons (Fsp3) is 0.900. The molecule has 0 aliphatic heterocycles. The summed E-state index contributed by atoms with van der Waals surface area (Å²) in [6.07, 6.45) is 0.838. The van der Waals surface area contributed by atoms with E-state index in [2.05, 4.69) is 19.2 Å². The molecular formula is C10H23ClN2O2. The van der Waals surface area contributed by atoms with Crippen molar-refractivity contribution >= 4 is 18.3 Å². The predicted molar refractivity (Wildman–Crippen MR) is 64.2 cm³/mol. The molecule has 0 saturated carbocycles.